The second-order valence-corrected chi connectivity index (χ2v) is 8.12. The first-order valence-corrected chi connectivity index (χ1v) is 10.9. The quantitative estimate of drug-likeness (QED) is 0.675. The lowest BCUT2D eigenvalue weighted by atomic mass is 9.99. The van der Waals surface area contributed by atoms with Gasteiger partial charge in [0.2, 0.25) is 0 Å². The van der Waals surface area contributed by atoms with Crippen LogP contribution in [-0.4, -0.2) is 68.1 Å². The summed E-state index contributed by atoms with van der Waals surface area (Å²) >= 11 is 0. The van der Waals surface area contributed by atoms with Crippen molar-refractivity contribution in [1.82, 2.24) is 9.80 Å². The number of ether oxygens (including phenoxy) is 2. The molecule has 0 aliphatic carbocycles. The van der Waals surface area contributed by atoms with E-state index in [4.69, 9.17) is 9.47 Å². The van der Waals surface area contributed by atoms with Crippen LogP contribution in [0.25, 0.3) is 5.57 Å². The Morgan fingerprint density at radius 1 is 0.969 bits per heavy atom. The number of hydrogen-bond acceptors (Lipinski definition) is 6. The van der Waals surface area contributed by atoms with Gasteiger partial charge >= 0.3 is 0 Å². The second-order valence-electron chi connectivity index (χ2n) is 8.12. The molecule has 2 aliphatic heterocycles. The van der Waals surface area contributed by atoms with Crippen molar-refractivity contribution in [3.63, 3.8) is 0 Å². The van der Waals surface area contributed by atoms with Gasteiger partial charge in [0.1, 0.15) is 11.4 Å². The van der Waals surface area contributed by atoms with Gasteiger partial charge in [-0.2, -0.15) is 0 Å². The standard InChI is InChI=1S/C25H29N3O4/c1-17-7-8-19(15-18(17)2)22-23(26-20-5-4-6-21(16-20)31-3)25(30)28(24(22)29)10-9-27-11-13-32-14-12-27/h4-8,15-16,26H,9-14H2,1-3H3. The number of carbonyl (C=O) groups excluding carboxylic acids is 2. The maximum absolute atomic E-state index is 13.4. The molecule has 0 unspecified atom stereocenters. The number of methoxy groups -OCH3 is 1. The van der Waals surface area contributed by atoms with Crippen molar-refractivity contribution in [2.45, 2.75) is 13.8 Å². The normalized spacial score (nSPS) is 17.3. The lowest BCUT2D eigenvalue weighted by molar-refractivity contribution is -0.137. The Hall–Kier alpha value is -3.16. The fourth-order valence-corrected chi connectivity index (χ4v) is 3.97. The lowest BCUT2D eigenvalue weighted by Crippen LogP contribution is -2.43. The molecule has 2 aromatic carbocycles. The first-order valence-electron chi connectivity index (χ1n) is 10.9. The third kappa shape index (κ3) is 4.54. The number of aryl methyl sites for hydroxylation is 2. The summed E-state index contributed by atoms with van der Waals surface area (Å²) in [4.78, 5) is 30.4. The molecule has 168 valence electrons. The Kier molecular flexibility index (Phi) is 6.58. The summed E-state index contributed by atoms with van der Waals surface area (Å²) in [5.41, 5.74) is 4.35. The number of nitrogens with one attached hydrogen (secondary N) is 1. The Balaban J connectivity index is 1.65. The fraction of sp³-hybridized carbons (Fsp3) is 0.360. The number of rotatable bonds is 7. The van der Waals surface area contributed by atoms with E-state index in [0.717, 1.165) is 29.8 Å². The minimum Gasteiger partial charge on any atom is -0.497 e. The predicted octanol–water partition coefficient (Wildman–Crippen LogP) is 2.84. The molecule has 0 atom stereocenters. The van der Waals surface area contributed by atoms with Crippen LogP contribution in [0.15, 0.2) is 48.2 Å². The van der Waals surface area contributed by atoms with E-state index in [0.29, 0.717) is 49.0 Å². The van der Waals surface area contributed by atoms with Crippen LogP contribution in [0.5, 0.6) is 5.75 Å². The van der Waals surface area contributed by atoms with E-state index in [1.807, 2.05) is 50.2 Å². The molecule has 32 heavy (non-hydrogen) atoms. The molecule has 0 radical (unpaired) electrons. The van der Waals surface area contributed by atoms with Crippen LogP contribution in [0.2, 0.25) is 0 Å². The molecule has 2 aliphatic rings. The van der Waals surface area contributed by atoms with Crippen LogP contribution in [0.3, 0.4) is 0 Å². The SMILES string of the molecule is COc1cccc(NC2=C(c3ccc(C)c(C)c3)C(=O)N(CCN3CCOCC3)C2=O)c1. The maximum Gasteiger partial charge on any atom is 0.278 e. The molecule has 0 saturated carbocycles. The van der Waals surface area contributed by atoms with Crippen molar-refractivity contribution < 1.29 is 19.1 Å². The minimum atomic E-state index is -0.306. The molecule has 1 N–H and O–H groups in total. The van der Waals surface area contributed by atoms with Crippen molar-refractivity contribution in [2.75, 3.05) is 51.8 Å². The van der Waals surface area contributed by atoms with Gasteiger partial charge in [-0.15, -0.1) is 0 Å². The molecular weight excluding hydrogens is 406 g/mol. The zero-order valence-electron chi connectivity index (χ0n) is 18.8. The summed E-state index contributed by atoms with van der Waals surface area (Å²) in [6, 6.07) is 13.2. The van der Waals surface area contributed by atoms with Gasteiger partial charge in [0.25, 0.3) is 11.8 Å². The number of hydrogen-bond donors (Lipinski definition) is 1. The van der Waals surface area contributed by atoms with Gasteiger partial charge < -0.3 is 14.8 Å². The van der Waals surface area contributed by atoms with Gasteiger partial charge in [0.15, 0.2) is 0 Å². The number of morpholine rings is 1. The highest BCUT2D eigenvalue weighted by Crippen LogP contribution is 2.32. The third-order valence-corrected chi connectivity index (χ3v) is 6.05. The molecule has 1 fully saturated rings. The summed E-state index contributed by atoms with van der Waals surface area (Å²) < 4.78 is 10.7. The van der Waals surface area contributed by atoms with Crippen molar-refractivity contribution in [3.8, 4) is 5.75 Å². The molecule has 4 rings (SSSR count). The number of imide groups is 1. The zero-order valence-corrected chi connectivity index (χ0v) is 18.8. The Labute approximate surface area is 188 Å². The molecule has 0 aromatic heterocycles. The van der Waals surface area contributed by atoms with E-state index in [1.165, 1.54) is 4.90 Å². The Morgan fingerprint density at radius 3 is 2.47 bits per heavy atom. The van der Waals surface area contributed by atoms with Crippen LogP contribution in [0, 0.1) is 13.8 Å². The largest absolute Gasteiger partial charge is 0.497 e. The van der Waals surface area contributed by atoms with Crippen molar-refractivity contribution in [1.29, 1.82) is 0 Å². The van der Waals surface area contributed by atoms with E-state index in [1.54, 1.807) is 13.2 Å². The molecule has 2 aromatic rings. The molecule has 7 nitrogen and oxygen atoms in total. The second kappa shape index (κ2) is 9.54. The van der Waals surface area contributed by atoms with Gasteiger partial charge in [-0.3, -0.25) is 19.4 Å². The Morgan fingerprint density at radius 2 is 1.75 bits per heavy atom. The van der Waals surface area contributed by atoms with Crippen LogP contribution in [0.1, 0.15) is 16.7 Å². The fourth-order valence-electron chi connectivity index (χ4n) is 3.97. The number of nitrogens with zero attached hydrogens (tertiary/aromatic N) is 2. The lowest BCUT2D eigenvalue weighted by Gasteiger charge is -2.28. The summed E-state index contributed by atoms with van der Waals surface area (Å²) in [6.07, 6.45) is 0. The van der Waals surface area contributed by atoms with E-state index in [2.05, 4.69) is 10.2 Å². The summed E-state index contributed by atoms with van der Waals surface area (Å²) in [6.45, 7) is 7.98. The smallest absolute Gasteiger partial charge is 0.278 e. The molecule has 0 bridgehead atoms. The molecule has 2 heterocycles. The van der Waals surface area contributed by atoms with Crippen LogP contribution < -0.4 is 10.1 Å². The summed E-state index contributed by atoms with van der Waals surface area (Å²) in [7, 11) is 1.59. The van der Waals surface area contributed by atoms with Gasteiger partial charge in [0, 0.05) is 37.9 Å². The number of carbonyl (C=O) groups is 2. The van der Waals surface area contributed by atoms with Crippen molar-refractivity contribution in [3.05, 3.63) is 64.9 Å². The number of benzene rings is 2. The first-order chi connectivity index (χ1) is 15.5. The van der Waals surface area contributed by atoms with E-state index < -0.39 is 0 Å². The van der Waals surface area contributed by atoms with Crippen LogP contribution >= 0.6 is 0 Å². The highest BCUT2D eigenvalue weighted by molar-refractivity contribution is 6.36. The van der Waals surface area contributed by atoms with Gasteiger partial charge in [-0.25, -0.2) is 0 Å². The van der Waals surface area contributed by atoms with Crippen LogP contribution in [-0.2, 0) is 14.3 Å². The molecule has 2 amide bonds. The third-order valence-electron chi connectivity index (χ3n) is 6.05. The van der Waals surface area contributed by atoms with Crippen molar-refractivity contribution in [2.24, 2.45) is 0 Å². The molecule has 0 spiro atoms. The monoisotopic (exact) mass is 435 g/mol. The van der Waals surface area contributed by atoms with Gasteiger partial charge in [-0.1, -0.05) is 24.3 Å². The van der Waals surface area contributed by atoms with Crippen LogP contribution in [0.4, 0.5) is 5.69 Å². The van der Waals surface area contributed by atoms with E-state index in [9.17, 15) is 9.59 Å². The zero-order chi connectivity index (χ0) is 22.7. The average molecular weight is 436 g/mol. The average Bonchev–Trinajstić information content (AvgIpc) is 3.04. The number of amides is 2. The minimum absolute atomic E-state index is 0.267. The van der Waals surface area contributed by atoms with E-state index in [-0.39, 0.29) is 11.8 Å². The molecule has 1 saturated heterocycles. The van der Waals surface area contributed by atoms with E-state index >= 15 is 0 Å². The highest BCUT2D eigenvalue weighted by atomic mass is 16.5. The maximum atomic E-state index is 13.4. The predicted molar refractivity (Wildman–Crippen MR) is 123 cm³/mol. The summed E-state index contributed by atoms with van der Waals surface area (Å²) in [5, 5.41) is 3.20. The number of anilines is 1. The first kappa shape index (κ1) is 22.0. The summed E-state index contributed by atoms with van der Waals surface area (Å²) in [5.74, 6) is 0.0977. The molecule has 7 heteroatoms. The van der Waals surface area contributed by atoms with Crippen molar-refractivity contribution >= 4 is 23.1 Å². The Bertz CT molecular complexity index is 1060. The molecular formula is C25H29N3O4. The highest BCUT2D eigenvalue weighted by Gasteiger charge is 2.39. The van der Waals surface area contributed by atoms with Gasteiger partial charge in [-0.05, 0) is 42.7 Å². The van der Waals surface area contributed by atoms with Gasteiger partial charge in [0.05, 0.1) is 25.9 Å². The topological polar surface area (TPSA) is 71.1 Å².